The van der Waals surface area contributed by atoms with E-state index in [0.29, 0.717) is 0 Å². The molecule has 2 nitrogen and oxygen atoms in total. The summed E-state index contributed by atoms with van der Waals surface area (Å²) in [6.07, 6.45) is 7.98. The normalized spacial score (nSPS) is 12.5. The third kappa shape index (κ3) is 1.48. The van der Waals surface area contributed by atoms with Gasteiger partial charge in [0.05, 0.1) is 11.9 Å². The van der Waals surface area contributed by atoms with Gasteiger partial charge in [-0.1, -0.05) is 30.3 Å². The molecule has 0 unspecified atom stereocenters. The van der Waals surface area contributed by atoms with Gasteiger partial charge in [-0.2, -0.15) is 0 Å². The Morgan fingerprint density at radius 2 is 1.94 bits per heavy atom. The minimum absolute atomic E-state index is 0.923. The maximum absolute atomic E-state index is 4.25. The summed E-state index contributed by atoms with van der Waals surface area (Å²) in [5.41, 5.74) is 2.38. The second-order valence-corrected chi connectivity index (χ2v) is 3.78. The first-order chi connectivity index (χ1) is 7.95. The molecule has 1 aliphatic heterocycles. The predicted molar refractivity (Wildman–Crippen MR) is 66.4 cm³/mol. The monoisotopic (exact) mass is 208 g/mol. The molecule has 78 valence electrons. The minimum atomic E-state index is 0.923. The number of nitrogens with zero attached hydrogens (tertiary/aromatic N) is 2. The Kier molecular flexibility index (Phi) is 2.18. The highest BCUT2D eigenvalue weighted by Gasteiger charge is 2.02. The Bertz CT molecular complexity index is 607. The van der Waals surface area contributed by atoms with Crippen molar-refractivity contribution in [3.63, 3.8) is 0 Å². The zero-order chi connectivity index (χ0) is 10.8. The van der Waals surface area contributed by atoms with Gasteiger partial charge in [0, 0.05) is 18.3 Å². The quantitative estimate of drug-likeness (QED) is 0.650. The molecule has 0 saturated heterocycles. The second-order valence-electron chi connectivity index (χ2n) is 3.78. The number of para-hydroxylation sites is 1. The predicted octanol–water partition coefficient (Wildman–Crippen LogP) is 3.19. The Hall–Kier alpha value is -2.09. The fourth-order valence-corrected chi connectivity index (χ4v) is 2.01. The van der Waals surface area contributed by atoms with E-state index in [9.17, 15) is 0 Å². The first-order valence-corrected chi connectivity index (χ1v) is 5.38. The third-order valence-corrected chi connectivity index (χ3v) is 2.77. The molecule has 2 heterocycles. The molecule has 0 saturated carbocycles. The standard InChI is InChI=1S/C14H12N2/c1-2-8-14-12(5-1)6-3-9-15-11-13-7-4-10-16(13)14/h1-9,11H,10H2. The molecule has 0 fully saturated rings. The first-order valence-electron chi connectivity index (χ1n) is 5.38. The van der Waals surface area contributed by atoms with E-state index in [1.54, 1.807) is 0 Å². The molecule has 0 atom stereocenters. The smallest absolute Gasteiger partial charge is 0.0597 e. The first kappa shape index (κ1) is 9.16. The van der Waals surface area contributed by atoms with Crippen LogP contribution in [0.3, 0.4) is 0 Å². The molecule has 1 aromatic carbocycles. The van der Waals surface area contributed by atoms with E-state index in [1.807, 2.05) is 18.5 Å². The van der Waals surface area contributed by atoms with Gasteiger partial charge < -0.3 is 4.57 Å². The van der Waals surface area contributed by atoms with Crippen LogP contribution < -0.4 is 0 Å². The van der Waals surface area contributed by atoms with Crippen LogP contribution in [0.4, 0.5) is 0 Å². The van der Waals surface area contributed by atoms with E-state index in [-0.39, 0.29) is 0 Å². The van der Waals surface area contributed by atoms with Crippen LogP contribution in [0.25, 0.3) is 17.0 Å². The number of hydrogen-bond donors (Lipinski definition) is 0. The molecule has 0 bridgehead atoms. The lowest BCUT2D eigenvalue weighted by Crippen LogP contribution is -1.95. The van der Waals surface area contributed by atoms with Gasteiger partial charge in [0.25, 0.3) is 0 Å². The Morgan fingerprint density at radius 3 is 2.94 bits per heavy atom. The molecule has 1 aromatic heterocycles. The molecule has 16 heavy (non-hydrogen) atoms. The summed E-state index contributed by atoms with van der Waals surface area (Å²) >= 11 is 0. The lowest BCUT2D eigenvalue weighted by molar-refractivity contribution is 0.870. The van der Waals surface area contributed by atoms with Crippen molar-refractivity contribution in [3.8, 4) is 0 Å². The van der Waals surface area contributed by atoms with Gasteiger partial charge in [-0.15, -0.1) is 0 Å². The fraction of sp³-hybridized carbons (Fsp3) is 0.0714. The maximum atomic E-state index is 4.25. The van der Waals surface area contributed by atoms with E-state index in [4.69, 9.17) is 0 Å². The summed E-state index contributed by atoms with van der Waals surface area (Å²) in [6.45, 7) is 0.923. The van der Waals surface area contributed by atoms with Crippen LogP contribution in [0.2, 0.25) is 0 Å². The van der Waals surface area contributed by atoms with Crippen LogP contribution in [0.1, 0.15) is 5.69 Å². The Morgan fingerprint density at radius 1 is 1.06 bits per heavy atom. The van der Waals surface area contributed by atoms with Crippen molar-refractivity contribution in [3.05, 3.63) is 60.6 Å². The molecule has 0 aliphatic carbocycles. The summed E-state index contributed by atoms with van der Waals surface area (Å²) in [5, 5.41) is 1.23. The number of benzene rings is 1. The number of allylic oxidation sites excluding steroid dienone is 1. The van der Waals surface area contributed by atoms with Crippen molar-refractivity contribution in [1.82, 2.24) is 9.55 Å². The number of hydrogen-bond acceptors (Lipinski definition) is 1. The van der Waals surface area contributed by atoms with Crippen LogP contribution in [-0.2, 0) is 6.54 Å². The SMILES string of the molecule is C1=Cc2cncccc3ccccc3n2C1. The molecule has 1 aliphatic rings. The zero-order valence-corrected chi connectivity index (χ0v) is 8.88. The van der Waals surface area contributed by atoms with Gasteiger partial charge in [-0.05, 0) is 23.6 Å². The largest absolute Gasteiger partial charge is 0.336 e. The van der Waals surface area contributed by atoms with E-state index < -0.39 is 0 Å². The molecule has 0 radical (unpaired) electrons. The average Bonchev–Trinajstić information content (AvgIpc) is 2.78. The fourth-order valence-electron chi connectivity index (χ4n) is 2.01. The lowest BCUT2D eigenvalue weighted by Gasteiger charge is -2.04. The highest BCUT2D eigenvalue weighted by molar-refractivity contribution is 5.79. The van der Waals surface area contributed by atoms with Crippen molar-refractivity contribution in [1.29, 1.82) is 0 Å². The van der Waals surface area contributed by atoms with Crippen LogP contribution in [0.5, 0.6) is 0 Å². The van der Waals surface area contributed by atoms with E-state index in [2.05, 4.69) is 52.0 Å². The Labute approximate surface area is 94.2 Å². The van der Waals surface area contributed by atoms with E-state index in [0.717, 1.165) is 12.2 Å². The van der Waals surface area contributed by atoms with Crippen molar-refractivity contribution in [2.24, 2.45) is 0 Å². The van der Waals surface area contributed by atoms with E-state index >= 15 is 0 Å². The highest BCUT2D eigenvalue weighted by atomic mass is 15.0. The van der Waals surface area contributed by atoms with Crippen LogP contribution in [-0.4, -0.2) is 9.55 Å². The Balaban J connectivity index is 2.50. The van der Waals surface area contributed by atoms with Gasteiger partial charge in [0.2, 0.25) is 0 Å². The van der Waals surface area contributed by atoms with Gasteiger partial charge in [-0.3, -0.25) is 4.98 Å². The zero-order valence-electron chi connectivity index (χ0n) is 8.88. The topological polar surface area (TPSA) is 17.8 Å². The average molecular weight is 208 g/mol. The summed E-state index contributed by atoms with van der Waals surface area (Å²) in [7, 11) is 0. The molecule has 2 heteroatoms. The molecule has 0 amide bonds. The van der Waals surface area contributed by atoms with Gasteiger partial charge >= 0.3 is 0 Å². The van der Waals surface area contributed by atoms with Crippen LogP contribution in [0.15, 0.2) is 54.9 Å². The molecular weight excluding hydrogens is 196 g/mol. The van der Waals surface area contributed by atoms with Gasteiger partial charge in [0.15, 0.2) is 0 Å². The maximum Gasteiger partial charge on any atom is 0.0597 e. The molecular formula is C14H12N2. The number of aromatic nitrogens is 2. The summed E-state index contributed by atoms with van der Waals surface area (Å²) < 4.78 is 2.27. The number of rotatable bonds is 0. The van der Waals surface area contributed by atoms with Crippen LogP contribution in [0, 0.1) is 0 Å². The van der Waals surface area contributed by atoms with Gasteiger partial charge in [0.1, 0.15) is 0 Å². The summed E-state index contributed by atoms with van der Waals surface area (Å²) in [4.78, 5) is 4.25. The van der Waals surface area contributed by atoms with Crippen molar-refractivity contribution >= 4 is 17.0 Å². The molecule has 0 spiro atoms. The lowest BCUT2D eigenvalue weighted by atomic mass is 10.2. The van der Waals surface area contributed by atoms with Crippen LogP contribution >= 0.6 is 0 Å². The summed E-state index contributed by atoms with van der Waals surface area (Å²) in [5.74, 6) is 0. The highest BCUT2D eigenvalue weighted by Crippen LogP contribution is 2.17. The third-order valence-electron chi connectivity index (χ3n) is 2.77. The molecule has 2 aromatic rings. The van der Waals surface area contributed by atoms with Crippen molar-refractivity contribution < 1.29 is 0 Å². The second kappa shape index (κ2) is 3.81. The number of fused-ring (bicyclic) bond motifs is 3. The van der Waals surface area contributed by atoms with Crippen molar-refractivity contribution in [2.75, 3.05) is 0 Å². The molecule has 0 N–H and O–H groups in total. The summed E-state index contributed by atoms with van der Waals surface area (Å²) in [6, 6.07) is 12.5. The van der Waals surface area contributed by atoms with E-state index in [1.165, 1.54) is 10.9 Å². The van der Waals surface area contributed by atoms with Gasteiger partial charge in [-0.25, -0.2) is 0 Å². The minimum Gasteiger partial charge on any atom is -0.336 e. The van der Waals surface area contributed by atoms with Crippen molar-refractivity contribution in [2.45, 2.75) is 6.54 Å². The molecule has 3 rings (SSSR count).